The molecule has 0 atom stereocenters. The van der Waals surface area contributed by atoms with Crippen molar-refractivity contribution in [2.24, 2.45) is 0 Å². The quantitative estimate of drug-likeness (QED) is 0.936. The summed E-state index contributed by atoms with van der Waals surface area (Å²) in [6.07, 6.45) is 0.978. The van der Waals surface area contributed by atoms with Crippen molar-refractivity contribution in [2.45, 2.75) is 26.4 Å². The van der Waals surface area contributed by atoms with Gasteiger partial charge in [0.05, 0.1) is 13.2 Å². The van der Waals surface area contributed by atoms with Crippen molar-refractivity contribution in [1.29, 1.82) is 0 Å². The molecule has 0 fully saturated rings. The second-order valence-electron chi connectivity index (χ2n) is 4.48. The van der Waals surface area contributed by atoms with Crippen LogP contribution in [0.3, 0.4) is 0 Å². The highest BCUT2D eigenvalue weighted by atomic mass is 79.9. The maximum absolute atomic E-state index is 5.68. The van der Waals surface area contributed by atoms with Crippen molar-refractivity contribution in [3.8, 4) is 5.75 Å². The fourth-order valence-electron chi connectivity index (χ4n) is 2.20. The van der Waals surface area contributed by atoms with Gasteiger partial charge in [0, 0.05) is 29.9 Å². The number of aromatic nitrogens is 2. The zero-order chi connectivity index (χ0) is 13.2. The summed E-state index contributed by atoms with van der Waals surface area (Å²) >= 11 is 3.53. The van der Waals surface area contributed by atoms with Gasteiger partial charge in [0.15, 0.2) is 5.82 Å². The molecule has 2 heterocycles. The predicted octanol–water partition coefficient (Wildman–Crippen LogP) is 2.37. The van der Waals surface area contributed by atoms with Crippen LogP contribution in [0.4, 0.5) is 0 Å². The third kappa shape index (κ3) is 2.79. The molecule has 6 heteroatoms. The molecular weight excluding hydrogens is 310 g/mol. The predicted molar refractivity (Wildman–Crippen MR) is 72.9 cm³/mol. The molecule has 0 radical (unpaired) electrons. The van der Waals surface area contributed by atoms with Crippen LogP contribution in [0.5, 0.6) is 5.75 Å². The number of benzene rings is 1. The summed E-state index contributed by atoms with van der Waals surface area (Å²) in [4.78, 5) is 4.15. The van der Waals surface area contributed by atoms with E-state index in [1.807, 2.05) is 0 Å². The molecule has 2 aromatic rings. The minimum absolute atomic E-state index is 0.582. The molecule has 0 aliphatic carbocycles. The maximum atomic E-state index is 5.68. The Morgan fingerprint density at radius 2 is 2.26 bits per heavy atom. The second kappa shape index (κ2) is 5.30. The number of fused-ring (bicyclic) bond motifs is 1. The molecule has 0 saturated carbocycles. The van der Waals surface area contributed by atoms with E-state index in [1.165, 1.54) is 5.56 Å². The molecule has 3 rings (SSSR count). The van der Waals surface area contributed by atoms with Crippen LogP contribution in [0.2, 0.25) is 0 Å². The van der Waals surface area contributed by atoms with Crippen LogP contribution in [0, 0.1) is 6.92 Å². The summed E-state index contributed by atoms with van der Waals surface area (Å²) in [5.41, 5.74) is 2.42. The lowest BCUT2D eigenvalue weighted by molar-refractivity contribution is 0.352. The van der Waals surface area contributed by atoms with E-state index in [9.17, 15) is 0 Å². The van der Waals surface area contributed by atoms with Crippen LogP contribution in [0.25, 0.3) is 0 Å². The average Bonchev–Trinajstić information content (AvgIpc) is 2.98. The van der Waals surface area contributed by atoms with Crippen LogP contribution >= 0.6 is 15.9 Å². The lowest BCUT2D eigenvalue weighted by atomic mass is 10.1. The molecule has 5 nitrogen and oxygen atoms in total. The lowest BCUT2D eigenvalue weighted by Crippen LogP contribution is -2.14. The largest absolute Gasteiger partial charge is 0.493 e. The van der Waals surface area contributed by atoms with E-state index in [-0.39, 0.29) is 0 Å². The van der Waals surface area contributed by atoms with Gasteiger partial charge in [-0.3, -0.25) is 0 Å². The van der Waals surface area contributed by atoms with E-state index in [1.54, 1.807) is 6.92 Å². The molecule has 0 saturated heterocycles. The Balaban J connectivity index is 1.67. The Morgan fingerprint density at radius 1 is 1.37 bits per heavy atom. The molecule has 1 aromatic heterocycles. The number of nitrogens with one attached hydrogen (secondary N) is 1. The molecular formula is C13H14BrN3O2. The molecule has 1 aliphatic rings. The minimum atomic E-state index is 0.582. The molecule has 19 heavy (non-hydrogen) atoms. The Bertz CT molecular complexity index is 598. The van der Waals surface area contributed by atoms with Crippen molar-refractivity contribution in [3.63, 3.8) is 0 Å². The number of halogens is 1. The molecule has 1 aliphatic heterocycles. The highest BCUT2D eigenvalue weighted by Gasteiger charge is 2.17. The number of aryl methyl sites for hydroxylation is 1. The van der Waals surface area contributed by atoms with Crippen LogP contribution in [0.1, 0.15) is 22.8 Å². The Labute approximate surface area is 119 Å². The highest BCUT2D eigenvalue weighted by molar-refractivity contribution is 9.10. The van der Waals surface area contributed by atoms with Gasteiger partial charge in [0.1, 0.15) is 5.75 Å². The summed E-state index contributed by atoms with van der Waals surface area (Å²) in [7, 11) is 0. The van der Waals surface area contributed by atoms with E-state index in [4.69, 9.17) is 9.26 Å². The van der Waals surface area contributed by atoms with Gasteiger partial charge >= 0.3 is 0 Å². The minimum Gasteiger partial charge on any atom is -0.493 e. The van der Waals surface area contributed by atoms with E-state index >= 15 is 0 Å². The second-order valence-corrected chi connectivity index (χ2v) is 5.40. The number of hydrogen-bond acceptors (Lipinski definition) is 5. The first-order chi connectivity index (χ1) is 9.22. The molecule has 0 bridgehead atoms. The van der Waals surface area contributed by atoms with Crippen molar-refractivity contribution in [1.82, 2.24) is 15.5 Å². The molecule has 0 spiro atoms. The summed E-state index contributed by atoms with van der Waals surface area (Å²) < 4.78 is 11.7. The molecule has 0 unspecified atom stereocenters. The summed E-state index contributed by atoms with van der Waals surface area (Å²) in [5, 5.41) is 7.15. The molecule has 1 N–H and O–H groups in total. The zero-order valence-corrected chi connectivity index (χ0v) is 12.2. The normalized spacial score (nSPS) is 13.4. The van der Waals surface area contributed by atoms with Gasteiger partial charge in [-0.1, -0.05) is 21.1 Å². The fourth-order valence-corrected chi connectivity index (χ4v) is 2.75. The number of ether oxygens (including phenoxy) is 1. The lowest BCUT2D eigenvalue weighted by Gasteiger charge is -2.09. The summed E-state index contributed by atoms with van der Waals surface area (Å²) in [6, 6.07) is 4.20. The van der Waals surface area contributed by atoms with E-state index in [0.717, 1.165) is 35.4 Å². The zero-order valence-electron chi connectivity index (χ0n) is 10.6. The van der Waals surface area contributed by atoms with E-state index < -0.39 is 0 Å². The third-order valence-corrected chi connectivity index (χ3v) is 3.45. The summed E-state index contributed by atoms with van der Waals surface area (Å²) in [6.45, 7) is 3.85. The van der Waals surface area contributed by atoms with Crippen LogP contribution < -0.4 is 10.1 Å². The Hall–Kier alpha value is -1.40. The van der Waals surface area contributed by atoms with Gasteiger partial charge in [-0.2, -0.15) is 4.98 Å². The number of rotatable bonds is 4. The van der Waals surface area contributed by atoms with Gasteiger partial charge in [-0.05, 0) is 17.7 Å². The van der Waals surface area contributed by atoms with Crippen molar-refractivity contribution < 1.29 is 9.26 Å². The first kappa shape index (κ1) is 12.6. The first-order valence-corrected chi connectivity index (χ1v) is 6.95. The Morgan fingerprint density at radius 3 is 3.05 bits per heavy atom. The number of nitrogens with zero attached hydrogens (tertiary/aromatic N) is 2. The van der Waals surface area contributed by atoms with Crippen molar-refractivity contribution >= 4 is 15.9 Å². The van der Waals surface area contributed by atoms with E-state index in [2.05, 4.69) is 43.5 Å². The standard InChI is InChI=1S/C13H14BrN3O2/c1-8-16-12(17-19-8)7-15-6-10-5-11(14)4-9-2-3-18-13(9)10/h4-5,15H,2-3,6-7H2,1H3. The average molecular weight is 324 g/mol. The van der Waals surface area contributed by atoms with Gasteiger partial charge < -0.3 is 14.6 Å². The SMILES string of the molecule is Cc1nc(CNCc2cc(Br)cc3c2OCC3)no1. The Kier molecular flexibility index (Phi) is 3.52. The topological polar surface area (TPSA) is 60.2 Å². The molecule has 100 valence electrons. The molecule has 1 aromatic carbocycles. The van der Waals surface area contributed by atoms with E-state index in [0.29, 0.717) is 18.3 Å². The highest BCUT2D eigenvalue weighted by Crippen LogP contribution is 2.32. The van der Waals surface area contributed by atoms with Crippen molar-refractivity contribution in [3.05, 3.63) is 39.4 Å². The van der Waals surface area contributed by atoms with Crippen LogP contribution in [-0.2, 0) is 19.5 Å². The number of hydrogen-bond donors (Lipinski definition) is 1. The monoisotopic (exact) mass is 323 g/mol. The van der Waals surface area contributed by atoms with Gasteiger partial charge in [-0.25, -0.2) is 0 Å². The van der Waals surface area contributed by atoms with Gasteiger partial charge in [-0.15, -0.1) is 0 Å². The van der Waals surface area contributed by atoms with Crippen molar-refractivity contribution in [2.75, 3.05) is 6.61 Å². The van der Waals surface area contributed by atoms with Crippen LogP contribution in [0.15, 0.2) is 21.1 Å². The fraction of sp³-hybridized carbons (Fsp3) is 0.385. The molecule has 0 amide bonds. The third-order valence-electron chi connectivity index (χ3n) is 2.99. The van der Waals surface area contributed by atoms with Gasteiger partial charge in [0.2, 0.25) is 5.89 Å². The summed E-state index contributed by atoms with van der Waals surface area (Å²) in [5.74, 6) is 2.27. The smallest absolute Gasteiger partial charge is 0.223 e. The maximum Gasteiger partial charge on any atom is 0.223 e. The first-order valence-electron chi connectivity index (χ1n) is 6.16. The van der Waals surface area contributed by atoms with Gasteiger partial charge in [0.25, 0.3) is 0 Å². The van der Waals surface area contributed by atoms with Crippen LogP contribution in [-0.4, -0.2) is 16.7 Å².